The van der Waals surface area contributed by atoms with Crippen molar-refractivity contribution in [2.24, 2.45) is 0 Å². The molecule has 0 aromatic heterocycles. The number of amides is 3. The van der Waals surface area contributed by atoms with Gasteiger partial charge in [0, 0.05) is 33.5 Å². The normalized spacial score (nSPS) is 11.0. The van der Waals surface area contributed by atoms with Gasteiger partial charge in [0.2, 0.25) is 5.91 Å². The minimum Gasteiger partial charge on any atom is -0.496 e. The second-order valence-electron chi connectivity index (χ2n) is 10.4. The van der Waals surface area contributed by atoms with E-state index in [0.29, 0.717) is 40.0 Å². The molecule has 0 fully saturated rings. The number of benzene rings is 4. The van der Waals surface area contributed by atoms with E-state index in [-0.39, 0.29) is 17.4 Å². The molecule has 0 aliphatic rings. The number of anilines is 2. The van der Waals surface area contributed by atoms with Crippen molar-refractivity contribution in [3.05, 3.63) is 113 Å². The number of ether oxygens (including phenoxy) is 3. The lowest BCUT2D eigenvalue weighted by atomic mass is 10.0. The van der Waals surface area contributed by atoms with Gasteiger partial charge in [-0.2, -0.15) is 0 Å². The van der Waals surface area contributed by atoms with Crippen LogP contribution < -0.4 is 30.2 Å². The number of hydrogen-bond acceptors (Lipinski definition) is 7. The topological polar surface area (TPSA) is 115 Å². The first-order chi connectivity index (χ1) is 22.2. The van der Waals surface area contributed by atoms with Crippen LogP contribution >= 0.6 is 11.8 Å². The van der Waals surface area contributed by atoms with E-state index in [9.17, 15) is 14.4 Å². The number of carbonyl (C=O) groups excluding carboxylic acids is 3. The maximum atomic E-state index is 13.6. The van der Waals surface area contributed by atoms with Gasteiger partial charge in [-0.1, -0.05) is 50.2 Å². The average Bonchev–Trinajstić information content (AvgIpc) is 3.07. The molecule has 0 heterocycles. The third kappa shape index (κ3) is 9.15. The standard InChI is InChI=1S/C36H37N3O6S/c1-23(2)24-14-16-27(17-15-24)37-34(40)22-46-29-13-9-12-28(20-29)38-36(42)30(39-35(41)25-10-7-6-8-11-25)18-26-19-32(44-4)33(45-5)21-31(26)43-3/h6-21,23H,22H2,1-5H3,(H,37,40)(H,38,42)(H,39,41)/b30-18+. The molecule has 4 aromatic carbocycles. The summed E-state index contributed by atoms with van der Waals surface area (Å²) in [5.41, 5.74) is 3.26. The zero-order chi connectivity index (χ0) is 33.1. The molecule has 238 valence electrons. The van der Waals surface area contributed by atoms with Crippen LogP contribution in [-0.2, 0) is 9.59 Å². The van der Waals surface area contributed by atoms with Gasteiger partial charge in [-0.15, -0.1) is 11.8 Å². The van der Waals surface area contributed by atoms with Gasteiger partial charge in [0.1, 0.15) is 11.4 Å². The Morgan fingerprint density at radius 1 is 0.739 bits per heavy atom. The van der Waals surface area contributed by atoms with Gasteiger partial charge in [0.05, 0.1) is 27.1 Å². The molecule has 3 N–H and O–H groups in total. The smallest absolute Gasteiger partial charge is 0.272 e. The molecule has 0 unspecified atom stereocenters. The first-order valence-corrected chi connectivity index (χ1v) is 15.5. The lowest BCUT2D eigenvalue weighted by Crippen LogP contribution is -2.30. The van der Waals surface area contributed by atoms with E-state index in [2.05, 4.69) is 29.8 Å². The molecule has 0 saturated heterocycles. The zero-order valence-corrected chi connectivity index (χ0v) is 27.2. The molecular formula is C36H37N3O6S. The van der Waals surface area contributed by atoms with Crippen LogP contribution in [0.2, 0.25) is 0 Å². The van der Waals surface area contributed by atoms with Crippen molar-refractivity contribution in [2.45, 2.75) is 24.7 Å². The Labute approximate surface area is 273 Å². The Balaban J connectivity index is 1.52. The van der Waals surface area contributed by atoms with Crippen LogP contribution in [0.4, 0.5) is 11.4 Å². The lowest BCUT2D eigenvalue weighted by Gasteiger charge is -2.15. The summed E-state index contributed by atoms with van der Waals surface area (Å²) in [5, 5.41) is 8.50. The highest BCUT2D eigenvalue weighted by atomic mass is 32.2. The molecule has 3 amide bonds. The van der Waals surface area contributed by atoms with Gasteiger partial charge in [0.25, 0.3) is 11.8 Å². The van der Waals surface area contributed by atoms with Crippen LogP contribution in [0.5, 0.6) is 17.2 Å². The summed E-state index contributed by atoms with van der Waals surface area (Å²) in [6.45, 7) is 4.24. The predicted octanol–water partition coefficient (Wildman–Crippen LogP) is 6.98. The van der Waals surface area contributed by atoms with Crippen molar-refractivity contribution >= 4 is 46.9 Å². The lowest BCUT2D eigenvalue weighted by molar-refractivity contribution is -0.114. The van der Waals surface area contributed by atoms with Crippen LogP contribution in [0.3, 0.4) is 0 Å². The number of thioether (sulfide) groups is 1. The second-order valence-corrected chi connectivity index (χ2v) is 11.5. The van der Waals surface area contributed by atoms with Crippen molar-refractivity contribution in [2.75, 3.05) is 37.7 Å². The van der Waals surface area contributed by atoms with Crippen molar-refractivity contribution in [3.63, 3.8) is 0 Å². The Kier molecular flexibility index (Phi) is 11.9. The quantitative estimate of drug-likeness (QED) is 0.107. The molecule has 0 spiro atoms. The summed E-state index contributed by atoms with van der Waals surface area (Å²) in [7, 11) is 4.50. The van der Waals surface area contributed by atoms with E-state index in [1.54, 1.807) is 60.7 Å². The fraction of sp³-hybridized carbons (Fsp3) is 0.194. The molecule has 0 aliphatic heterocycles. The van der Waals surface area contributed by atoms with Crippen LogP contribution in [0.1, 0.15) is 41.3 Å². The SMILES string of the molecule is COc1cc(OC)c(OC)cc1/C=C(/NC(=O)c1ccccc1)C(=O)Nc1cccc(SCC(=O)Nc2ccc(C(C)C)cc2)c1. The van der Waals surface area contributed by atoms with Crippen molar-refractivity contribution in [1.82, 2.24) is 5.32 Å². The predicted molar refractivity (Wildman–Crippen MR) is 183 cm³/mol. The highest BCUT2D eigenvalue weighted by molar-refractivity contribution is 8.00. The fourth-order valence-electron chi connectivity index (χ4n) is 4.42. The molecule has 0 atom stereocenters. The van der Waals surface area contributed by atoms with E-state index in [1.165, 1.54) is 44.7 Å². The molecule has 10 heteroatoms. The van der Waals surface area contributed by atoms with E-state index in [1.807, 2.05) is 30.3 Å². The van der Waals surface area contributed by atoms with Gasteiger partial charge in [-0.3, -0.25) is 14.4 Å². The molecule has 4 rings (SSSR count). The number of hydrogen-bond donors (Lipinski definition) is 3. The van der Waals surface area contributed by atoms with Crippen LogP contribution in [0.25, 0.3) is 6.08 Å². The van der Waals surface area contributed by atoms with E-state index in [0.717, 1.165) is 10.6 Å². The molecule has 0 aliphatic carbocycles. The Morgan fingerprint density at radius 3 is 2.07 bits per heavy atom. The van der Waals surface area contributed by atoms with Gasteiger partial charge in [0.15, 0.2) is 11.5 Å². The van der Waals surface area contributed by atoms with Crippen molar-refractivity contribution < 1.29 is 28.6 Å². The van der Waals surface area contributed by atoms with Crippen molar-refractivity contribution in [1.29, 1.82) is 0 Å². The highest BCUT2D eigenvalue weighted by Gasteiger charge is 2.18. The number of nitrogens with one attached hydrogen (secondary N) is 3. The minimum absolute atomic E-state index is 0.0275. The summed E-state index contributed by atoms with van der Waals surface area (Å²) < 4.78 is 16.3. The third-order valence-electron chi connectivity index (χ3n) is 6.89. The molecule has 46 heavy (non-hydrogen) atoms. The number of methoxy groups -OCH3 is 3. The van der Waals surface area contributed by atoms with Crippen LogP contribution in [0.15, 0.2) is 102 Å². The Hall–Kier alpha value is -5.22. The Bertz CT molecular complexity index is 1710. The Morgan fingerprint density at radius 2 is 1.41 bits per heavy atom. The van der Waals surface area contributed by atoms with E-state index < -0.39 is 11.8 Å². The summed E-state index contributed by atoms with van der Waals surface area (Å²) in [6.07, 6.45) is 1.51. The minimum atomic E-state index is -0.564. The van der Waals surface area contributed by atoms with Crippen LogP contribution in [-0.4, -0.2) is 44.8 Å². The molecule has 0 bridgehead atoms. The number of rotatable bonds is 13. The highest BCUT2D eigenvalue weighted by Crippen LogP contribution is 2.35. The van der Waals surface area contributed by atoms with E-state index in [4.69, 9.17) is 14.2 Å². The summed E-state index contributed by atoms with van der Waals surface area (Å²) in [5.74, 6) is 0.697. The zero-order valence-electron chi connectivity index (χ0n) is 26.4. The molecule has 0 radical (unpaired) electrons. The number of carbonyl (C=O) groups is 3. The van der Waals surface area contributed by atoms with Gasteiger partial charge < -0.3 is 30.2 Å². The molecular weight excluding hydrogens is 602 g/mol. The first kappa shape index (κ1) is 33.7. The second kappa shape index (κ2) is 16.2. The largest absolute Gasteiger partial charge is 0.496 e. The molecule has 0 saturated carbocycles. The summed E-state index contributed by atoms with van der Waals surface area (Å²) in [4.78, 5) is 40.2. The fourth-order valence-corrected chi connectivity index (χ4v) is 5.18. The molecule has 9 nitrogen and oxygen atoms in total. The monoisotopic (exact) mass is 639 g/mol. The first-order valence-electron chi connectivity index (χ1n) is 14.5. The van der Waals surface area contributed by atoms with Gasteiger partial charge >= 0.3 is 0 Å². The maximum Gasteiger partial charge on any atom is 0.272 e. The summed E-state index contributed by atoms with van der Waals surface area (Å²) >= 11 is 1.34. The molecule has 4 aromatic rings. The van der Waals surface area contributed by atoms with E-state index >= 15 is 0 Å². The van der Waals surface area contributed by atoms with Crippen LogP contribution in [0, 0.1) is 0 Å². The van der Waals surface area contributed by atoms with Gasteiger partial charge in [-0.25, -0.2) is 0 Å². The van der Waals surface area contributed by atoms with Crippen molar-refractivity contribution in [3.8, 4) is 17.2 Å². The van der Waals surface area contributed by atoms with Gasteiger partial charge in [-0.05, 0) is 66.1 Å². The average molecular weight is 640 g/mol. The summed E-state index contributed by atoms with van der Waals surface area (Å²) in [6, 6.07) is 26.8. The maximum absolute atomic E-state index is 13.6. The third-order valence-corrected chi connectivity index (χ3v) is 7.88.